The van der Waals surface area contributed by atoms with Gasteiger partial charge in [0.1, 0.15) is 12.1 Å². The molecule has 0 radical (unpaired) electrons. The van der Waals surface area contributed by atoms with E-state index in [4.69, 9.17) is 5.73 Å². The van der Waals surface area contributed by atoms with Gasteiger partial charge in [-0.1, -0.05) is 0 Å². The first-order valence-electron chi connectivity index (χ1n) is 4.27. The second-order valence-corrected chi connectivity index (χ2v) is 3.16. The van der Waals surface area contributed by atoms with E-state index in [1.54, 1.807) is 4.68 Å². The minimum Gasteiger partial charge on any atom is -0.382 e. The standard InChI is InChI=1S/C9H11N5/c1-6-4-14(13-9(6)10)8-3-7(2)11-5-12-8/h3-5H,1-2H3,(H2,10,13). The van der Waals surface area contributed by atoms with Crippen LogP contribution in [0.3, 0.4) is 0 Å². The van der Waals surface area contributed by atoms with Gasteiger partial charge in [-0.25, -0.2) is 14.6 Å². The molecule has 2 rings (SSSR count). The van der Waals surface area contributed by atoms with Gasteiger partial charge in [0, 0.05) is 23.5 Å². The molecule has 0 unspecified atom stereocenters. The van der Waals surface area contributed by atoms with Gasteiger partial charge in [-0.05, 0) is 13.8 Å². The quantitative estimate of drug-likeness (QED) is 0.722. The third-order valence-corrected chi connectivity index (χ3v) is 1.96. The van der Waals surface area contributed by atoms with Crippen LogP contribution >= 0.6 is 0 Å². The number of aromatic nitrogens is 4. The van der Waals surface area contributed by atoms with Crippen molar-refractivity contribution in [1.29, 1.82) is 0 Å². The van der Waals surface area contributed by atoms with Crippen molar-refractivity contribution < 1.29 is 0 Å². The van der Waals surface area contributed by atoms with Gasteiger partial charge < -0.3 is 5.73 Å². The summed E-state index contributed by atoms with van der Waals surface area (Å²) in [5.41, 5.74) is 7.49. The van der Waals surface area contributed by atoms with E-state index in [0.717, 1.165) is 17.1 Å². The molecule has 0 fully saturated rings. The number of hydrogen-bond donors (Lipinski definition) is 1. The van der Waals surface area contributed by atoms with Crippen LogP contribution in [0.1, 0.15) is 11.3 Å². The third kappa shape index (κ3) is 1.44. The summed E-state index contributed by atoms with van der Waals surface area (Å²) in [6.07, 6.45) is 3.36. The Bertz CT molecular complexity index is 440. The molecule has 2 aromatic rings. The molecule has 0 bridgehead atoms. The number of rotatable bonds is 1. The van der Waals surface area contributed by atoms with Gasteiger partial charge in [-0.2, -0.15) is 0 Å². The first kappa shape index (κ1) is 8.68. The highest BCUT2D eigenvalue weighted by atomic mass is 15.3. The van der Waals surface area contributed by atoms with Crippen molar-refractivity contribution >= 4 is 5.82 Å². The van der Waals surface area contributed by atoms with Crippen molar-refractivity contribution in [2.75, 3.05) is 5.73 Å². The molecule has 0 saturated carbocycles. The largest absolute Gasteiger partial charge is 0.382 e. The average molecular weight is 189 g/mol. The van der Waals surface area contributed by atoms with E-state index in [1.807, 2.05) is 26.1 Å². The lowest BCUT2D eigenvalue weighted by atomic mass is 10.4. The molecule has 0 amide bonds. The van der Waals surface area contributed by atoms with Crippen LogP contribution in [0.4, 0.5) is 5.82 Å². The molecule has 0 spiro atoms. The van der Waals surface area contributed by atoms with Gasteiger partial charge in [0.05, 0.1) is 0 Å². The lowest BCUT2D eigenvalue weighted by Crippen LogP contribution is -2.00. The van der Waals surface area contributed by atoms with Crippen LogP contribution in [0.2, 0.25) is 0 Å². The van der Waals surface area contributed by atoms with Gasteiger partial charge in [0.2, 0.25) is 0 Å². The number of hydrogen-bond acceptors (Lipinski definition) is 4. The van der Waals surface area contributed by atoms with E-state index < -0.39 is 0 Å². The molecule has 0 aromatic carbocycles. The summed E-state index contributed by atoms with van der Waals surface area (Å²) in [7, 11) is 0. The van der Waals surface area contributed by atoms with E-state index in [1.165, 1.54) is 6.33 Å². The van der Waals surface area contributed by atoms with Gasteiger partial charge >= 0.3 is 0 Å². The number of aryl methyl sites for hydroxylation is 2. The summed E-state index contributed by atoms with van der Waals surface area (Å²) in [5.74, 6) is 1.26. The molecule has 2 aromatic heterocycles. The van der Waals surface area contributed by atoms with Crippen LogP contribution in [0.5, 0.6) is 0 Å². The molecular weight excluding hydrogens is 178 g/mol. The maximum absolute atomic E-state index is 5.64. The molecule has 2 heterocycles. The fraction of sp³-hybridized carbons (Fsp3) is 0.222. The Morgan fingerprint density at radius 1 is 1.29 bits per heavy atom. The van der Waals surface area contributed by atoms with Crippen LogP contribution in [0.15, 0.2) is 18.6 Å². The number of anilines is 1. The topological polar surface area (TPSA) is 69.6 Å². The van der Waals surface area contributed by atoms with Gasteiger partial charge in [-0.3, -0.25) is 0 Å². The highest BCUT2D eigenvalue weighted by Gasteiger charge is 2.03. The second-order valence-electron chi connectivity index (χ2n) is 3.16. The Morgan fingerprint density at radius 3 is 2.64 bits per heavy atom. The fourth-order valence-corrected chi connectivity index (χ4v) is 1.16. The number of nitrogens with zero attached hydrogens (tertiary/aromatic N) is 4. The maximum atomic E-state index is 5.64. The summed E-state index contributed by atoms with van der Waals surface area (Å²) in [6.45, 7) is 3.82. The van der Waals surface area contributed by atoms with Crippen molar-refractivity contribution in [3.63, 3.8) is 0 Å². The van der Waals surface area contributed by atoms with Crippen LogP contribution in [0.25, 0.3) is 5.82 Å². The Morgan fingerprint density at radius 2 is 2.07 bits per heavy atom. The van der Waals surface area contributed by atoms with Crippen molar-refractivity contribution in [2.45, 2.75) is 13.8 Å². The minimum absolute atomic E-state index is 0.529. The lowest BCUT2D eigenvalue weighted by Gasteiger charge is -1.99. The van der Waals surface area contributed by atoms with E-state index >= 15 is 0 Å². The number of nitrogens with two attached hydrogens (primary N) is 1. The summed E-state index contributed by atoms with van der Waals surface area (Å²) in [5, 5.41) is 4.13. The first-order valence-corrected chi connectivity index (χ1v) is 4.27. The maximum Gasteiger partial charge on any atom is 0.157 e. The predicted molar refractivity (Wildman–Crippen MR) is 53.0 cm³/mol. The van der Waals surface area contributed by atoms with Crippen LogP contribution in [-0.2, 0) is 0 Å². The Kier molecular flexibility index (Phi) is 1.92. The Hall–Kier alpha value is -1.91. The van der Waals surface area contributed by atoms with E-state index in [2.05, 4.69) is 15.1 Å². The van der Waals surface area contributed by atoms with Crippen molar-refractivity contribution in [1.82, 2.24) is 19.7 Å². The smallest absolute Gasteiger partial charge is 0.157 e. The van der Waals surface area contributed by atoms with Crippen molar-refractivity contribution in [2.24, 2.45) is 0 Å². The molecule has 0 aliphatic rings. The van der Waals surface area contributed by atoms with Crippen molar-refractivity contribution in [3.8, 4) is 5.82 Å². The zero-order valence-corrected chi connectivity index (χ0v) is 8.10. The van der Waals surface area contributed by atoms with Crippen LogP contribution in [-0.4, -0.2) is 19.7 Å². The highest BCUT2D eigenvalue weighted by molar-refractivity contribution is 5.38. The summed E-state index contributed by atoms with van der Waals surface area (Å²) in [4.78, 5) is 8.11. The lowest BCUT2D eigenvalue weighted by molar-refractivity contribution is 0.838. The number of nitrogen functional groups attached to an aromatic ring is 1. The molecular formula is C9H11N5. The average Bonchev–Trinajstić information content (AvgIpc) is 2.47. The molecule has 0 saturated heterocycles. The molecule has 0 aliphatic heterocycles. The summed E-state index contributed by atoms with van der Waals surface area (Å²) < 4.78 is 1.65. The molecule has 5 heteroatoms. The van der Waals surface area contributed by atoms with Gasteiger partial charge in [-0.15, -0.1) is 5.10 Å². The summed E-state index contributed by atoms with van der Waals surface area (Å²) >= 11 is 0. The third-order valence-electron chi connectivity index (χ3n) is 1.96. The molecule has 0 aliphatic carbocycles. The monoisotopic (exact) mass is 189 g/mol. The second kappa shape index (κ2) is 3.10. The zero-order chi connectivity index (χ0) is 10.1. The molecule has 0 atom stereocenters. The Labute approximate surface area is 81.6 Å². The minimum atomic E-state index is 0.529. The van der Waals surface area contributed by atoms with Gasteiger partial charge in [0.15, 0.2) is 5.82 Å². The SMILES string of the molecule is Cc1cc(-n2cc(C)c(N)n2)ncn1. The van der Waals surface area contributed by atoms with Gasteiger partial charge in [0.25, 0.3) is 0 Å². The fourth-order valence-electron chi connectivity index (χ4n) is 1.16. The van der Waals surface area contributed by atoms with Crippen LogP contribution < -0.4 is 5.73 Å². The zero-order valence-electron chi connectivity index (χ0n) is 8.10. The molecule has 5 nitrogen and oxygen atoms in total. The molecule has 14 heavy (non-hydrogen) atoms. The Balaban J connectivity index is 2.49. The molecule has 72 valence electrons. The normalized spacial score (nSPS) is 10.4. The van der Waals surface area contributed by atoms with E-state index in [0.29, 0.717) is 5.82 Å². The van der Waals surface area contributed by atoms with E-state index in [-0.39, 0.29) is 0 Å². The predicted octanol–water partition coefficient (Wildman–Crippen LogP) is 0.861. The van der Waals surface area contributed by atoms with E-state index in [9.17, 15) is 0 Å². The first-order chi connectivity index (χ1) is 6.66. The van der Waals surface area contributed by atoms with Crippen LogP contribution in [0, 0.1) is 13.8 Å². The highest BCUT2D eigenvalue weighted by Crippen LogP contribution is 2.10. The van der Waals surface area contributed by atoms with Crippen molar-refractivity contribution in [3.05, 3.63) is 29.8 Å². The molecule has 2 N–H and O–H groups in total. The summed E-state index contributed by atoms with van der Waals surface area (Å²) in [6, 6.07) is 1.85.